The predicted molar refractivity (Wildman–Crippen MR) is 88.7 cm³/mol. The summed E-state index contributed by atoms with van der Waals surface area (Å²) in [6.07, 6.45) is 0.668. The van der Waals surface area contributed by atoms with Crippen LogP contribution in [0.3, 0.4) is 0 Å². The second-order valence-electron chi connectivity index (χ2n) is 5.25. The van der Waals surface area contributed by atoms with E-state index in [0.29, 0.717) is 29.5 Å². The molecule has 1 heterocycles. The van der Waals surface area contributed by atoms with E-state index in [9.17, 15) is 4.39 Å². The fourth-order valence-electron chi connectivity index (χ4n) is 1.87. The summed E-state index contributed by atoms with van der Waals surface area (Å²) in [7, 11) is 3.52. The van der Waals surface area contributed by atoms with Gasteiger partial charge in [0.25, 0.3) is 0 Å². The Labute approximate surface area is 134 Å². The standard InChI is InChI=1S/C15H21FN4OS/c1-10(2)20(3)13-6-5-11(9-12(13)16)17-15-18-14(19-22-15)7-8-21-4/h5-6,9-10H,7-8H2,1-4H3,(H,17,18,19). The summed E-state index contributed by atoms with van der Waals surface area (Å²) in [6, 6.07) is 5.32. The average molecular weight is 324 g/mol. The van der Waals surface area contributed by atoms with Crippen LogP contribution in [0, 0.1) is 5.82 Å². The van der Waals surface area contributed by atoms with Gasteiger partial charge in [-0.2, -0.15) is 4.37 Å². The number of nitrogens with zero attached hydrogens (tertiary/aromatic N) is 3. The Bertz CT molecular complexity index is 617. The van der Waals surface area contributed by atoms with Crippen molar-refractivity contribution in [1.82, 2.24) is 9.36 Å². The van der Waals surface area contributed by atoms with Crippen molar-refractivity contribution in [3.8, 4) is 0 Å². The molecule has 22 heavy (non-hydrogen) atoms. The molecule has 0 aliphatic rings. The highest BCUT2D eigenvalue weighted by atomic mass is 32.1. The summed E-state index contributed by atoms with van der Waals surface area (Å²) in [5.41, 5.74) is 1.24. The number of benzene rings is 1. The van der Waals surface area contributed by atoms with Crippen LogP contribution in [-0.2, 0) is 11.2 Å². The van der Waals surface area contributed by atoms with Crippen molar-refractivity contribution in [3.63, 3.8) is 0 Å². The second-order valence-corrected chi connectivity index (χ2v) is 6.01. The van der Waals surface area contributed by atoms with E-state index in [4.69, 9.17) is 4.74 Å². The molecule has 0 saturated heterocycles. The summed E-state index contributed by atoms with van der Waals surface area (Å²) in [5, 5.41) is 3.73. The molecule has 0 atom stereocenters. The minimum Gasteiger partial charge on any atom is -0.384 e. The minimum atomic E-state index is -0.259. The molecule has 7 heteroatoms. The Hall–Kier alpha value is -1.73. The van der Waals surface area contributed by atoms with Crippen LogP contribution in [0.25, 0.3) is 0 Å². The van der Waals surface area contributed by atoms with Gasteiger partial charge < -0.3 is 15.0 Å². The lowest BCUT2D eigenvalue weighted by Gasteiger charge is -2.24. The van der Waals surface area contributed by atoms with Crippen LogP contribution >= 0.6 is 11.5 Å². The van der Waals surface area contributed by atoms with Gasteiger partial charge >= 0.3 is 0 Å². The van der Waals surface area contributed by atoms with Crippen molar-refractivity contribution in [2.75, 3.05) is 31.0 Å². The Morgan fingerprint density at radius 2 is 2.18 bits per heavy atom. The highest BCUT2D eigenvalue weighted by Crippen LogP contribution is 2.26. The van der Waals surface area contributed by atoms with Gasteiger partial charge in [-0.15, -0.1) is 0 Å². The van der Waals surface area contributed by atoms with E-state index in [1.807, 2.05) is 31.9 Å². The van der Waals surface area contributed by atoms with E-state index in [2.05, 4.69) is 14.7 Å². The van der Waals surface area contributed by atoms with Gasteiger partial charge in [0.15, 0.2) is 0 Å². The van der Waals surface area contributed by atoms with Gasteiger partial charge in [0.2, 0.25) is 5.13 Å². The second kappa shape index (κ2) is 7.51. The third kappa shape index (κ3) is 4.14. The van der Waals surface area contributed by atoms with Gasteiger partial charge in [0, 0.05) is 43.8 Å². The molecule has 0 saturated carbocycles. The van der Waals surface area contributed by atoms with Gasteiger partial charge in [-0.3, -0.25) is 0 Å². The molecule has 1 N–H and O–H groups in total. The zero-order valence-corrected chi connectivity index (χ0v) is 14.1. The lowest BCUT2D eigenvalue weighted by atomic mass is 10.2. The van der Waals surface area contributed by atoms with Crippen molar-refractivity contribution < 1.29 is 9.13 Å². The van der Waals surface area contributed by atoms with Crippen molar-refractivity contribution in [1.29, 1.82) is 0 Å². The van der Waals surface area contributed by atoms with Crippen LogP contribution in [0.1, 0.15) is 19.7 Å². The first-order valence-corrected chi connectivity index (χ1v) is 7.89. The lowest BCUT2D eigenvalue weighted by Crippen LogP contribution is -2.26. The number of anilines is 3. The SMILES string of the molecule is COCCc1nsc(Nc2ccc(N(C)C(C)C)c(F)c2)n1. The van der Waals surface area contributed by atoms with Gasteiger partial charge in [0.1, 0.15) is 11.6 Å². The van der Waals surface area contributed by atoms with E-state index < -0.39 is 0 Å². The van der Waals surface area contributed by atoms with Crippen molar-refractivity contribution in [3.05, 3.63) is 29.8 Å². The summed E-state index contributed by atoms with van der Waals surface area (Å²) in [4.78, 5) is 6.24. The molecular formula is C15H21FN4OS. The van der Waals surface area contributed by atoms with Crippen LogP contribution < -0.4 is 10.2 Å². The molecule has 0 spiro atoms. The molecule has 120 valence electrons. The molecule has 2 rings (SSSR count). The number of halogens is 1. The molecule has 1 aromatic heterocycles. The Balaban J connectivity index is 2.07. The first kappa shape index (κ1) is 16.6. The molecule has 2 aromatic rings. The fourth-order valence-corrected chi connectivity index (χ4v) is 2.51. The van der Waals surface area contributed by atoms with Crippen LogP contribution in [0.5, 0.6) is 0 Å². The third-order valence-electron chi connectivity index (χ3n) is 3.35. The monoisotopic (exact) mass is 324 g/mol. The van der Waals surface area contributed by atoms with Crippen molar-refractivity contribution in [2.45, 2.75) is 26.3 Å². The first-order chi connectivity index (χ1) is 10.5. The van der Waals surface area contributed by atoms with Crippen LogP contribution in [0.4, 0.5) is 20.9 Å². The lowest BCUT2D eigenvalue weighted by molar-refractivity contribution is 0.201. The number of hydrogen-bond acceptors (Lipinski definition) is 6. The summed E-state index contributed by atoms with van der Waals surface area (Å²) in [6.45, 7) is 4.63. The first-order valence-electron chi connectivity index (χ1n) is 7.12. The maximum absolute atomic E-state index is 14.2. The van der Waals surface area contributed by atoms with E-state index in [0.717, 1.165) is 5.82 Å². The summed E-state index contributed by atoms with van der Waals surface area (Å²) in [5.74, 6) is 0.469. The molecule has 0 unspecified atom stereocenters. The highest BCUT2D eigenvalue weighted by Gasteiger charge is 2.12. The fraction of sp³-hybridized carbons (Fsp3) is 0.467. The number of hydrogen-bond donors (Lipinski definition) is 1. The van der Waals surface area contributed by atoms with Gasteiger partial charge in [-0.05, 0) is 32.0 Å². The summed E-state index contributed by atoms with van der Waals surface area (Å²) >= 11 is 1.26. The number of ether oxygens (including phenoxy) is 1. The minimum absolute atomic E-state index is 0.236. The molecule has 0 aliphatic heterocycles. The van der Waals surface area contributed by atoms with Gasteiger partial charge in [-0.25, -0.2) is 9.37 Å². The van der Waals surface area contributed by atoms with Crippen LogP contribution in [-0.4, -0.2) is 36.2 Å². The predicted octanol–water partition coefficient (Wildman–Crippen LogP) is 3.45. The Morgan fingerprint density at radius 3 is 2.82 bits per heavy atom. The Morgan fingerprint density at radius 1 is 1.41 bits per heavy atom. The number of nitrogens with one attached hydrogen (secondary N) is 1. The zero-order valence-electron chi connectivity index (χ0n) is 13.3. The molecular weight excluding hydrogens is 303 g/mol. The number of methoxy groups -OCH3 is 1. The Kier molecular flexibility index (Phi) is 5.68. The van der Waals surface area contributed by atoms with Gasteiger partial charge in [0.05, 0.1) is 12.3 Å². The number of rotatable bonds is 7. The third-order valence-corrected chi connectivity index (χ3v) is 4.02. The molecule has 0 aliphatic carbocycles. The van der Waals surface area contributed by atoms with E-state index >= 15 is 0 Å². The largest absolute Gasteiger partial charge is 0.384 e. The topological polar surface area (TPSA) is 50.3 Å². The highest BCUT2D eigenvalue weighted by molar-refractivity contribution is 7.09. The quantitative estimate of drug-likeness (QED) is 0.845. The molecule has 0 radical (unpaired) electrons. The molecule has 0 amide bonds. The van der Waals surface area contributed by atoms with Crippen molar-refractivity contribution >= 4 is 28.0 Å². The average Bonchev–Trinajstić information content (AvgIpc) is 2.92. The van der Waals surface area contributed by atoms with Crippen LogP contribution in [0.2, 0.25) is 0 Å². The van der Waals surface area contributed by atoms with E-state index in [1.54, 1.807) is 13.2 Å². The number of aromatic nitrogens is 2. The van der Waals surface area contributed by atoms with Crippen LogP contribution in [0.15, 0.2) is 18.2 Å². The van der Waals surface area contributed by atoms with E-state index in [1.165, 1.54) is 17.6 Å². The maximum Gasteiger partial charge on any atom is 0.207 e. The van der Waals surface area contributed by atoms with E-state index in [-0.39, 0.29) is 11.9 Å². The van der Waals surface area contributed by atoms with Crippen molar-refractivity contribution in [2.24, 2.45) is 0 Å². The smallest absolute Gasteiger partial charge is 0.207 e. The molecule has 0 fully saturated rings. The maximum atomic E-state index is 14.2. The zero-order chi connectivity index (χ0) is 16.1. The molecule has 1 aromatic carbocycles. The summed E-state index contributed by atoms with van der Waals surface area (Å²) < 4.78 is 23.4. The molecule has 5 nitrogen and oxygen atoms in total. The van der Waals surface area contributed by atoms with Gasteiger partial charge in [-0.1, -0.05) is 0 Å². The normalized spacial score (nSPS) is 11.0. The molecule has 0 bridgehead atoms.